The van der Waals surface area contributed by atoms with Gasteiger partial charge in [-0.3, -0.25) is 14.5 Å². The maximum atomic E-state index is 12.9. The van der Waals surface area contributed by atoms with Gasteiger partial charge in [-0.2, -0.15) is 0 Å². The summed E-state index contributed by atoms with van der Waals surface area (Å²) in [5.41, 5.74) is 2.44. The minimum Gasteiger partial charge on any atom is -0.337 e. The zero-order valence-corrected chi connectivity index (χ0v) is 20.5. The second-order valence-electron chi connectivity index (χ2n) is 9.23. The van der Waals surface area contributed by atoms with Gasteiger partial charge < -0.3 is 10.2 Å². The van der Waals surface area contributed by atoms with Crippen molar-refractivity contribution in [3.8, 4) is 0 Å². The highest BCUT2D eigenvalue weighted by atomic mass is 35.5. The van der Waals surface area contributed by atoms with Crippen LogP contribution in [0.4, 0.5) is 5.69 Å². The Balaban J connectivity index is 1.35. The molecule has 7 heteroatoms. The summed E-state index contributed by atoms with van der Waals surface area (Å²) in [6.07, 6.45) is 4.66. The van der Waals surface area contributed by atoms with Gasteiger partial charge in [0.2, 0.25) is 11.8 Å². The fourth-order valence-electron chi connectivity index (χ4n) is 4.98. The highest BCUT2D eigenvalue weighted by Gasteiger charge is 2.33. The van der Waals surface area contributed by atoms with E-state index in [2.05, 4.69) is 22.0 Å². The Hall–Kier alpha value is -2.08. The van der Waals surface area contributed by atoms with E-state index in [1.807, 2.05) is 30.3 Å². The number of hydrogen-bond acceptors (Lipinski definition) is 3. The summed E-state index contributed by atoms with van der Waals surface area (Å²) >= 11 is 12.7. The number of nitrogens with zero attached hydrogens (tertiary/aromatic N) is 2. The molecule has 1 atom stereocenters. The Morgan fingerprint density at radius 2 is 1.82 bits per heavy atom. The van der Waals surface area contributed by atoms with E-state index in [4.69, 9.17) is 23.2 Å². The zero-order valence-electron chi connectivity index (χ0n) is 19.0. The van der Waals surface area contributed by atoms with Crippen LogP contribution in [0.25, 0.3) is 0 Å². The number of carbonyl (C=O) groups excluding carboxylic acids is 2. The maximum Gasteiger partial charge on any atom is 0.228 e. The number of piperazine rings is 1. The van der Waals surface area contributed by atoms with E-state index >= 15 is 0 Å². The summed E-state index contributed by atoms with van der Waals surface area (Å²) in [6, 6.07) is 13.2. The van der Waals surface area contributed by atoms with Crippen molar-refractivity contribution in [2.45, 2.75) is 51.6 Å². The molecule has 176 valence electrons. The molecule has 2 aromatic carbocycles. The highest BCUT2D eigenvalue weighted by Crippen LogP contribution is 2.30. The second-order valence-corrected chi connectivity index (χ2v) is 10.0. The largest absolute Gasteiger partial charge is 0.337 e. The summed E-state index contributed by atoms with van der Waals surface area (Å²) in [7, 11) is 0. The summed E-state index contributed by atoms with van der Waals surface area (Å²) in [5.74, 6) is 0.423. The minimum atomic E-state index is -0.135. The number of hydrogen-bond donors (Lipinski definition) is 1. The first-order valence-electron chi connectivity index (χ1n) is 11.7. The zero-order chi connectivity index (χ0) is 23.4. The number of nitrogens with one attached hydrogen (secondary N) is 1. The molecular weight excluding hydrogens is 457 g/mol. The molecule has 1 heterocycles. The minimum absolute atomic E-state index is 0.135. The quantitative estimate of drug-likeness (QED) is 0.593. The van der Waals surface area contributed by atoms with Crippen LogP contribution in [-0.2, 0) is 22.6 Å². The first-order chi connectivity index (χ1) is 15.9. The predicted octanol–water partition coefficient (Wildman–Crippen LogP) is 5.40. The summed E-state index contributed by atoms with van der Waals surface area (Å²) in [6.45, 7) is 5.22. The van der Waals surface area contributed by atoms with E-state index in [-0.39, 0.29) is 24.3 Å². The number of anilines is 1. The molecule has 1 saturated heterocycles. The molecule has 0 spiro atoms. The van der Waals surface area contributed by atoms with Crippen molar-refractivity contribution in [1.82, 2.24) is 9.80 Å². The Morgan fingerprint density at radius 1 is 1.06 bits per heavy atom. The van der Waals surface area contributed by atoms with Crippen molar-refractivity contribution in [1.29, 1.82) is 0 Å². The lowest BCUT2D eigenvalue weighted by atomic mass is 10.0. The molecule has 2 aliphatic rings. The first-order valence-corrected chi connectivity index (χ1v) is 12.5. The average Bonchev–Trinajstić information content (AvgIpc) is 3.31. The van der Waals surface area contributed by atoms with Crippen LogP contribution in [0.5, 0.6) is 0 Å². The SMILES string of the molecule is CC1CN(Cc2cccc(NC(=O)Cc3cccc(Cl)c3)c2Cl)CCN1C(=O)C1CCCC1. The molecule has 2 amide bonds. The summed E-state index contributed by atoms with van der Waals surface area (Å²) in [5, 5.41) is 4.11. The van der Waals surface area contributed by atoms with Crippen LogP contribution in [0.3, 0.4) is 0 Å². The molecule has 0 bridgehead atoms. The van der Waals surface area contributed by atoms with Crippen molar-refractivity contribution in [3.63, 3.8) is 0 Å². The van der Waals surface area contributed by atoms with Crippen molar-refractivity contribution in [2.24, 2.45) is 5.92 Å². The van der Waals surface area contributed by atoms with Crippen LogP contribution >= 0.6 is 23.2 Å². The number of benzene rings is 2. The van der Waals surface area contributed by atoms with Crippen LogP contribution in [0.1, 0.15) is 43.7 Å². The van der Waals surface area contributed by atoms with Crippen LogP contribution in [0, 0.1) is 5.92 Å². The number of carbonyl (C=O) groups is 2. The lowest BCUT2D eigenvalue weighted by Crippen LogP contribution is -2.54. The monoisotopic (exact) mass is 487 g/mol. The van der Waals surface area contributed by atoms with Gasteiger partial charge in [0.15, 0.2) is 0 Å². The standard InChI is InChI=1S/C26H31Cl2N3O2/c1-18-16-30(12-13-31(18)26(33)20-7-2-3-8-20)17-21-9-5-11-23(25(21)28)29-24(32)15-19-6-4-10-22(27)14-19/h4-6,9-11,14,18,20H,2-3,7-8,12-13,15-17H2,1H3,(H,29,32). The fraction of sp³-hybridized carbons (Fsp3) is 0.462. The van der Waals surface area contributed by atoms with Crippen LogP contribution in [0.2, 0.25) is 10.0 Å². The lowest BCUT2D eigenvalue weighted by Gasteiger charge is -2.41. The third kappa shape index (κ3) is 6.08. The van der Waals surface area contributed by atoms with Gasteiger partial charge in [-0.1, -0.05) is 60.3 Å². The van der Waals surface area contributed by atoms with E-state index in [0.717, 1.165) is 43.6 Å². The average molecular weight is 488 g/mol. The molecule has 1 aliphatic carbocycles. The third-order valence-corrected chi connectivity index (χ3v) is 7.38. The Kier molecular flexibility index (Phi) is 7.94. The summed E-state index contributed by atoms with van der Waals surface area (Å²) < 4.78 is 0. The van der Waals surface area contributed by atoms with E-state index in [1.165, 1.54) is 12.8 Å². The molecule has 2 fully saturated rings. The van der Waals surface area contributed by atoms with Gasteiger partial charge in [0.1, 0.15) is 0 Å². The van der Waals surface area contributed by atoms with Crippen LogP contribution < -0.4 is 5.32 Å². The van der Waals surface area contributed by atoms with Gasteiger partial charge in [-0.05, 0) is 49.1 Å². The van der Waals surface area contributed by atoms with Crippen molar-refractivity contribution < 1.29 is 9.59 Å². The normalized spacial score (nSPS) is 19.6. The van der Waals surface area contributed by atoms with E-state index < -0.39 is 0 Å². The predicted molar refractivity (Wildman–Crippen MR) is 134 cm³/mol. The number of amides is 2. The van der Waals surface area contributed by atoms with Gasteiger partial charge in [0.25, 0.3) is 0 Å². The van der Waals surface area contributed by atoms with Gasteiger partial charge >= 0.3 is 0 Å². The molecule has 2 aromatic rings. The Morgan fingerprint density at radius 3 is 2.55 bits per heavy atom. The molecule has 1 saturated carbocycles. The molecular formula is C26H31Cl2N3O2. The first kappa shape index (κ1) is 24.1. The van der Waals surface area contributed by atoms with Crippen LogP contribution in [-0.4, -0.2) is 47.3 Å². The molecule has 0 aromatic heterocycles. The van der Waals surface area contributed by atoms with Gasteiger partial charge in [0, 0.05) is 43.2 Å². The topological polar surface area (TPSA) is 52.7 Å². The molecule has 1 N–H and O–H groups in total. The molecule has 5 nitrogen and oxygen atoms in total. The van der Waals surface area contributed by atoms with E-state index in [0.29, 0.717) is 28.2 Å². The second kappa shape index (κ2) is 10.9. The van der Waals surface area contributed by atoms with Crippen LogP contribution in [0.15, 0.2) is 42.5 Å². The Labute approximate surface area is 206 Å². The number of halogens is 2. The maximum absolute atomic E-state index is 12.9. The van der Waals surface area contributed by atoms with Gasteiger partial charge in [-0.25, -0.2) is 0 Å². The molecule has 1 aliphatic heterocycles. The highest BCUT2D eigenvalue weighted by molar-refractivity contribution is 6.34. The third-order valence-electron chi connectivity index (χ3n) is 6.70. The number of rotatable bonds is 6. The molecule has 4 rings (SSSR count). The molecule has 1 unspecified atom stereocenters. The van der Waals surface area contributed by atoms with Gasteiger partial charge in [-0.15, -0.1) is 0 Å². The lowest BCUT2D eigenvalue weighted by molar-refractivity contribution is -0.140. The van der Waals surface area contributed by atoms with Gasteiger partial charge in [0.05, 0.1) is 17.1 Å². The fourth-order valence-corrected chi connectivity index (χ4v) is 5.42. The van der Waals surface area contributed by atoms with Crippen molar-refractivity contribution >= 4 is 40.7 Å². The molecule has 0 radical (unpaired) electrons. The van der Waals surface area contributed by atoms with E-state index in [9.17, 15) is 9.59 Å². The Bertz CT molecular complexity index is 1010. The van der Waals surface area contributed by atoms with E-state index in [1.54, 1.807) is 12.1 Å². The summed E-state index contributed by atoms with van der Waals surface area (Å²) in [4.78, 5) is 29.8. The molecule has 33 heavy (non-hydrogen) atoms. The van der Waals surface area contributed by atoms with Crippen molar-refractivity contribution in [3.05, 3.63) is 63.6 Å². The smallest absolute Gasteiger partial charge is 0.228 e. The van der Waals surface area contributed by atoms with Crippen molar-refractivity contribution in [2.75, 3.05) is 25.0 Å².